The van der Waals surface area contributed by atoms with Gasteiger partial charge in [-0.15, -0.1) is 0 Å². The summed E-state index contributed by atoms with van der Waals surface area (Å²) in [5, 5.41) is 24.7. The van der Waals surface area contributed by atoms with Crippen molar-refractivity contribution < 1.29 is 38.0 Å². The van der Waals surface area contributed by atoms with Gasteiger partial charge in [-0.05, 0) is 84.0 Å². The van der Waals surface area contributed by atoms with E-state index in [2.05, 4.69) is 60.8 Å². The Morgan fingerprint density at radius 1 is 0.537 bits per heavy atom. The van der Waals surface area contributed by atoms with Crippen molar-refractivity contribution in [2.45, 2.75) is 270 Å². The van der Waals surface area contributed by atoms with Crippen LogP contribution in [-0.4, -0.2) is 84.6 Å². The Morgan fingerprint density at radius 3 is 1.33 bits per heavy atom. The summed E-state index contributed by atoms with van der Waals surface area (Å²) in [6.45, 7) is 4.37. The van der Waals surface area contributed by atoms with Crippen molar-refractivity contribution in [3.05, 3.63) is 48.6 Å². The zero-order valence-electron chi connectivity index (χ0n) is 44.5. The van der Waals surface area contributed by atoms with Crippen LogP contribution in [0.3, 0.4) is 0 Å². The van der Waals surface area contributed by atoms with E-state index in [4.69, 9.17) is 9.05 Å². The van der Waals surface area contributed by atoms with Crippen molar-refractivity contribution in [3.8, 4) is 0 Å². The highest BCUT2D eigenvalue weighted by Gasteiger charge is 2.31. The largest absolute Gasteiger partial charge is 0.472 e. The number of unbranched alkanes of at least 4 members (excludes halogenated alkanes) is 30. The minimum atomic E-state index is -4.43. The molecule has 0 aromatic carbocycles. The molecule has 1 amide bonds. The molecular formula is C57H110N2O7P+. The van der Waals surface area contributed by atoms with Gasteiger partial charge in [0, 0.05) is 6.42 Å². The number of aliphatic hydroxyl groups excluding tert-OH is 2. The van der Waals surface area contributed by atoms with Gasteiger partial charge in [0.15, 0.2) is 0 Å². The third-order valence-electron chi connectivity index (χ3n) is 12.7. The maximum absolute atomic E-state index is 13.0. The number of nitrogens with one attached hydrogen (secondary N) is 1. The van der Waals surface area contributed by atoms with E-state index in [-0.39, 0.29) is 18.9 Å². The molecule has 0 rings (SSSR count). The third kappa shape index (κ3) is 49.2. The molecule has 10 heteroatoms. The number of phosphoric acid groups is 1. The molecule has 0 spiro atoms. The van der Waals surface area contributed by atoms with E-state index in [0.29, 0.717) is 23.9 Å². The molecular weight excluding hydrogens is 856 g/mol. The predicted octanol–water partition coefficient (Wildman–Crippen LogP) is 15.7. The first-order valence-corrected chi connectivity index (χ1v) is 29.5. The fourth-order valence-electron chi connectivity index (χ4n) is 8.24. The number of carbonyl (C=O) groups excluding carboxylic acids is 1. The van der Waals surface area contributed by atoms with Crippen LogP contribution >= 0.6 is 7.82 Å². The molecule has 67 heavy (non-hydrogen) atoms. The van der Waals surface area contributed by atoms with Gasteiger partial charge in [-0.2, -0.15) is 0 Å². The molecule has 0 aliphatic rings. The van der Waals surface area contributed by atoms with E-state index in [0.717, 1.165) is 51.4 Å². The average Bonchev–Trinajstić information content (AvgIpc) is 3.29. The summed E-state index contributed by atoms with van der Waals surface area (Å²) in [5.74, 6) is -0.272. The Hall–Kier alpha value is -1.58. The Labute approximate surface area is 414 Å². The number of hydrogen-bond acceptors (Lipinski definition) is 6. The second kappa shape index (κ2) is 48.1. The smallest absolute Gasteiger partial charge is 0.390 e. The number of phosphoric ester groups is 1. The van der Waals surface area contributed by atoms with Crippen LogP contribution < -0.4 is 5.32 Å². The Morgan fingerprint density at radius 2 is 0.910 bits per heavy atom. The fourth-order valence-corrected chi connectivity index (χ4v) is 8.97. The molecule has 4 unspecified atom stereocenters. The van der Waals surface area contributed by atoms with Crippen LogP contribution in [0, 0.1) is 0 Å². The number of likely N-dealkylation sites (N-methyl/N-ethyl adjacent to an activating group) is 1. The van der Waals surface area contributed by atoms with Gasteiger partial charge in [-0.25, -0.2) is 4.57 Å². The highest BCUT2D eigenvalue weighted by Crippen LogP contribution is 2.43. The molecule has 4 N–H and O–H groups in total. The zero-order valence-corrected chi connectivity index (χ0v) is 45.4. The monoisotopic (exact) mass is 966 g/mol. The molecule has 9 nitrogen and oxygen atoms in total. The summed E-state index contributed by atoms with van der Waals surface area (Å²) in [7, 11) is 1.41. The van der Waals surface area contributed by atoms with Gasteiger partial charge >= 0.3 is 7.82 Å². The van der Waals surface area contributed by atoms with Gasteiger partial charge in [-0.3, -0.25) is 13.8 Å². The van der Waals surface area contributed by atoms with Crippen molar-refractivity contribution >= 4 is 13.7 Å². The molecule has 0 aromatic heterocycles. The summed E-state index contributed by atoms with van der Waals surface area (Å²) >= 11 is 0. The molecule has 4 atom stereocenters. The number of allylic oxidation sites excluding steroid dienone is 8. The van der Waals surface area contributed by atoms with Crippen molar-refractivity contribution in [3.63, 3.8) is 0 Å². The van der Waals surface area contributed by atoms with Crippen LogP contribution in [0.15, 0.2) is 48.6 Å². The summed E-state index contributed by atoms with van der Waals surface area (Å²) in [4.78, 5) is 23.3. The number of carbonyl (C=O) groups is 1. The summed E-state index contributed by atoms with van der Waals surface area (Å²) in [6, 6.07) is -1.06. The maximum Gasteiger partial charge on any atom is 0.472 e. The van der Waals surface area contributed by atoms with E-state index in [9.17, 15) is 24.5 Å². The third-order valence-corrected chi connectivity index (χ3v) is 13.7. The molecule has 0 saturated heterocycles. The van der Waals surface area contributed by atoms with Gasteiger partial charge in [0.05, 0.1) is 39.9 Å². The first-order valence-electron chi connectivity index (χ1n) is 28.1. The molecule has 394 valence electrons. The minimum absolute atomic E-state index is 0.0124. The van der Waals surface area contributed by atoms with E-state index in [1.54, 1.807) is 0 Å². The SMILES string of the molecule is C/C=C/CC/C=C/CC/C=C/CCCC(O)C(O)C(COP(=O)(O)OCC[N+](C)(C)C)NC(=O)CCCCCCCCCCCCCCCCCCCCC/C=C\CCCCCCCCCC. The van der Waals surface area contributed by atoms with E-state index < -0.39 is 32.7 Å². The van der Waals surface area contributed by atoms with Gasteiger partial charge in [0.2, 0.25) is 5.91 Å². The van der Waals surface area contributed by atoms with Crippen LogP contribution in [-0.2, 0) is 18.4 Å². The van der Waals surface area contributed by atoms with E-state index in [1.807, 2.05) is 28.1 Å². The lowest BCUT2D eigenvalue weighted by molar-refractivity contribution is -0.870. The predicted molar refractivity (Wildman–Crippen MR) is 287 cm³/mol. The lowest BCUT2D eigenvalue weighted by Crippen LogP contribution is -2.51. The topological polar surface area (TPSA) is 125 Å². The quantitative estimate of drug-likeness (QED) is 0.0207. The Bertz CT molecular complexity index is 1250. The standard InChI is InChI=1S/C57H109N2O7P/c1-6-8-10-12-14-16-18-20-21-22-23-24-25-26-27-28-29-30-31-32-33-34-35-36-37-38-40-42-44-46-48-50-56(61)58-54(53-66-67(63,64)65-52-51-59(3,4)5)57(62)55(60)49-47-45-43-41-39-19-17-15-13-11-9-7-2/h7,9,15,17,22-23,41,43,54-55,57,60,62H,6,8,10-14,16,18-21,24-40,42,44-53H2,1-5H3,(H-,58,61,63,64)/p+1/b9-7+,17-15+,23-22-,43-41+. The molecule has 0 aromatic rings. The second-order valence-corrected chi connectivity index (χ2v) is 21.9. The Balaban J connectivity index is 4.11. The highest BCUT2D eigenvalue weighted by atomic mass is 31.2. The molecule has 0 fully saturated rings. The second-order valence-electron chi connectivity index (χ2n) is 20.4. The lowest BCUT2D eigenvalue weighted by Gasteiger charge is -2.28. The average molecular weight is 966 g/mol. The molecule has 0 saturated carbocycles. The van der Waals surface area contributed by atoms with E-state index >= 15 is 0 Å². The summed E-state index contributed by atoms with van der Waals surface area (Å²) in [6.07, 6.45) is 59.5. The van der Waals surface area contributed by atoms with Gasteiger partial charge < -0.3 is 24.9 Å². The van der Waals surface area contributed by atoms with Gasteiger partial charge in [0.25, 0.3) is 0 Å². The van der Waals surface area contributed by atoms with Crippen LogP contribution in [0.1, 0.15) is 251 Å². The van der Waals surface area contributed by atoms with Crippen molar-refractivity contribution in [1.29, 1.82) is 0 Å². The molecule has 0 radical (unpaired) electrons. The molecule has 0 heterocycles. The molecule has 0 aliphatic heterocycles. The number of amides is 1. The van der Waals surface area contributed by atoms with Crippen molar-refractivity contribution in [2.24, 2.45) is 0 Å². The molecule has 0 bridgehead atoms. The van der Waals surface area contributed by atoms with Crippen LogP contribution in [0.25, 0.3) is 0 Å². The molecule has 0 aliphatic carbocycles. The van der Waals surface area contributed by atoms with Crippen molar-refractivity contribution in [2.75, 3.05) is 40.9 Å². The number of hydrogen-bond donors (Lipinski definition) is 4. The fraction of sp³-hybridized carbons (Fsp3) is 0.842. The maximum atomic E-state index is 13.0. The Kier molecular flexibility index (Phi) is 46.9. The van der Waals surface area contributed by atoms with Crippen LogP contribution in [0.5, 0.6) is 0 Å². The summed E-state index contributed by atoms with van der Waals surface area (Å²) in [5.41, 5.74) is 0. The number of nitrogens with zero attached hydrogens (tertiary/aromatic N) is 1. The number of rotatable bonds is 51. The minimum Gasteiger partial charge on any atom is -0.390 e. The highest BCUT2D eigenvalue weighted by molar-refractivity contribution is 7.47. The van der Waals surface area contributed by atoms with Gasteiger partial charge in [-0.1, -0.05) is 210 Å². The van der Waals surface area contributed by atoms with Crippen LogP contribution in [0.2, 0.25) is 0 Å². The first-order chi connectivity index (χ1) is 32.4. The summed E-state index contributed by atoms with van der Waals surface area (Å²) < 4.78 is 23.6. The van der Waals surface area contributed by atoms with Crippen molar-refractivity contribution in [1.82, 2.24) is 5.32 Å². The normalized spacial score (nSPS) is 14.8. The lowest BCUT2D eigenvalue weighted by atomic mass is 10.0. The van der Waals surface area contributed by atoms with Crippen LogP contribution in [0.4, 0.5) is 0 Å². The van der Waals surface area contributed by atoms with E-state index in [1.165, 1.54) is 167 Å². The van der Waals surface area contributed by atoms with Gasteiger partial charge in [0.1, 0.15) is 19.3 Å². The number of aliphatic hydroxyl groups is 2. The zero-order chi connectivity index (χ0) is 49.4. The first kappa shape index (κ1) is 65.4. The number of quaternary nitrogens is 1.